The summed E-state index contributed by atoms with van der Waals surface area (Å²) in [6, 6.07) is 11.8. The van der Waals surface area contributed by atoms with Crippen molar-refractivity contribution in [2.75, 3.05) is 56.0 Å². The molecular weight excluding hydrogens is 440 g/mol. The molecule has 1 N–H and O–H groups in total. The Bertz CT molecular complexity index is 907. The molecule has 184 valence electrons. The van der Waals surface area contributed by atoms with Crippen molar-refractivity contribution in [1.82, 2.24) is 14.8 Å². The molecule has 0 saturated carbocycles. The fourth-order valence-electron chi connectivity index (χ4n) is 4.80. The van der Waals surface area contributed by atoms with E-state index in [1.54, 1.807) is 12.1 Å². The number of alkyl halides is 2. The van der Waals surface area contributed by atoms with Crippen molar-refractivity contribution in [2.45, 2.75) is 32.4 Å². The first-order valence-corrected chi connectivity index (χ1v) is 12.0. The fraction of sp³-hybridized carbons (Fsp3) is 0.520. The smallest absolute Gasteiger partial charge is 0.387 e. The maximum absolute atomic E-state index is 12.8. The van der Waals surface area contributed by atoms with Crippen molar-refractivity contribution in [1.29, 1.82) is 0 Å². The van der Waals surface area contributed by atoms with Gasteiger partial charge in [0, 0.05) is 51.2 Å². The van der Waals surface area contributed by atoms with Crippen molar-refractivity contribution < 1.29 is 18.3 Å². The highest BCUT2D eigenvalue weighted by Gasteiger charge is 2.29. The van der Waals surface area contributed by atoms with Gasteiger partial charge in [0.2, 0.25) is 5.91 Å². The summed E-state index contributed by atoms with van der Waals surface area (Å²) < 4.78 is 29.0. The number of hydrogen-bond acceptors (Lipinski definition) is 6. The van der Waals surface area contributed by atoms with Gasteiger partial charge in [-0.05, 0) is 68.6 Å². The number of halogens is 2. The molecule has 1 aromatic heterocycles. The Morgan fingerprint density at radius 1 is 1.12 bits per heavy atom. The summed E-state index contributed by atoms with van der Waals surface area (Å²) >= 11 is 0. The van der Waals surface area contributed by atoms with Gasteiger partial charge in [-0.15, -0.1) is 0 Å². The largest absolute Gasteiger partial charge is 0.435 e. The number of benzene rings is 1. The van der Waals surface area contributed by atoms with Crippen LogP contribution in [0.15, 0.2) is 48.7 Å². The van der Waals surface area contributed by atoms with Gasteiger partial charge in [-0.3, -0.25) is 14.6 Å². The number of ether oxygens (including phenoxy) is 1. The van der Waals surface area contributed by atoms with Crippen LogP contribution in [-0.2, 0) is 4.79 Å². The van der Waals surface area contributed by atoms with Gasteiger partial charge in [0.15, 0.2) is 0 Å². The molecule has 2 saturated heterocycles. The van der Waals surface area contributed by atoms with E-state index >= 15 is 0 Å². The van der Waals surface area contributed by atoms with Crippen LogP contribution in [0.3, 0.4) is 0 Å². The molecule has 0 bridgehead atoms. The highest BCUT2D eigenvalue weighted by Crippen LogP contribution is 2.23. The minimum atomic E-state index is -2.86. The first kappa shape index (κ1) is 24.3. The maximum Gasteiger partial charge on any atom is 0.387 e. The van der Waals surface area contributed by atoms with Crippen LogP contribution in [0.4, 0.5) is 20.3 Å². The molecule has 2 aliphatic heterocycles. The lowest BCUT2D eigenvalue weighted by Gasteiger charge is -2.40. The van der Waals surface area contributed by atoms with Crippen molar-refractivity contribution in [3.63, 3.8) is 0 Å². The van der Waals surface area contributed by atoms with Gasteiger partial charge < -0.3 is 15.0 Å². The number of piperazine rings is 1. The van der Waals surface area contributed by atoms with Crippen LogP contribution >= 0.6 is 0 Å². The van der Waals surface area contributed by atoms with Crippen molar-refractivity contribution >= 4 is 17.4 Å². The Morgan fingerprint density at radius 2 is 1.88 bits per heavy atom. The summed E-state index contributed by atoms with van der Waals surface area (Å²) in [7, 11) is 0. The first-order chi connectivity index (χ1) is 16.5. The number of nitrogens with zero attached hydrogens (tertiary/aromatic N) is 4. The Labute approximate surface area is 199 Å². The number of rotatable bonds is 8. The highest BCUT2D eigenvalue weighted by atomic mass is 19.3. The molecule has 1 amide bonds. The molecule has 3 heterocycles. The molecule has 4 rings (SSSR count). The minimum Gasteiger partial charge on any atom is -0.435 e. The number of anilines is 2. The first-order valence-electron chi connectivity index (χ1n) is 12.0. The highest BCUT2D eigenvalue weighted by molar-refractivity contribution is 5.94. The number of carbonyl (C=O) groups is 1. The molecule has 0 spiro atoms. The molecule has 2 aliphatic rings. The van der Waals surface area contributed by atoms with Crippen LogP contribution in [0.1, 0.15) is 19.8 Å². The number of hydrogen-bond donors (Lipinski definition) is 1. The van der Waals surface area contributed by atoms with E-state index < -0.39 is 6.61 Å². The Balaban J connectivity index is 1.23. The summed E-state index contributed by atoms with van der Waals surface area (Å²) in [5.41, 5.74) is 0.567. The van der Waals surface area contributed by atoms with E-state index in [0.29, 0.717) is 11.6 Å². The second-order valence-corrected chi connectivity index (χ2v) is 9.05. The normalized spacial score (nSPS) is 20.8. The zero-order valence-corrected chi connectivity index (χ0v) is 19.6. The number of piperidine rings is 1. The maximum atomic E-state index is 12.8. The Hall–Kier alpha value is -2.78. The molecule has 2 aromatic rings. The number of carbonyl (C=O) groups excluding carboxylic acids is 1. The van der Waals surface area contributed by atoms with Crippen LogP contribution in [0.5, 0.6) is 5.75 Å². The number of nitrogens with one attached hydrogen (secondary N) is 1. The summed E-state index contributed by atoms with van der Waals surface area (Å²) in [5.74, 6) is 1.56. The van der Waals surface area contributed by atoms with Crippen molar-refractivity contribution in [3.05, 3.63) is 48.7 Å². The summed E-state index contributed by atoms with van der Waals surface area (Å²) in [6.45, 7) is 5.92. The summed E-state index contributed by atoms with van der Waals surface area (Å²) in [6.07, 6.45) is 4.10. The molecule has 9 heteroatoms. The van der Waals surface area contributed by atoms with E-state index in [4.69, 9.17) is 0 Å². The molecule has 2 fully saturated rings. The molecule has 34 heavy (non-hydrogen) atoms. The van der Waals surface area contributed by atoms with Gasteiger partial charge in [-0.1, -0.05) is 6.07 Å². The van der Waals surface area contributed by atoms with Gasteiger partial charge in [0.1, 0.15) is 11.6 Å². The third kappa shape index (κ3) is 6.64. The van der Waals surface area contributed by atoms with Crippen LogP contribution in [-0.4, -0.2) is 79.2 Å². The quantitative estimate of drug-likeness (QED) is 0.633. The average Bonchev–Trinajstić information content (AvgIpc) is 2.85. The third-order valence-corrected chi connectivity index (χ3v) is 6.69. The Kier molecular flexibility index (Phi) is 8.29. The lowest BCUT2D eigenvalue weighted by molar-refractivity contribution is -0.121. The van der Waals surface area contributed by atoms with E-state index in [2.05, 4.69) is 35.8 Å². The van der Waals surface area contributed by atoms with Gasteiger partial charge in [0.05, 0.1) is 6.04 Å². The standard InChI is InChI=1S/C25H33F2N5O2/c1-19(24(33)29-21-7-9-22(10-8-21)34-25(26)27)32-12-4-5-20(18-32)17-30-13-15-31(16-14-30)23-6-2-3-11-28-23/h2-3,6-11,19-20,25H,4-5,12-18H2,1H3,(H,29,33)/t19-,20-/m1/s1. The summed E-state index contributed by atoms with van der Waals surface area (Å²) in [5, 5.41) is 2.89. The third-order valence-electron chi connectivity index (χ3n) is 6.69. The molecule has 0 unspecified atom stereocenters. The number of pyridine rings is 1. The SMILES string of the molecule is C[C@H](C(=O)Nc1ccc(OC(F)F)cc1)N1CCC[C@H](CN2CCN(c3ccccn3)CC2)C1. The predicted octanol–water partition coefficient (Wildman–Crippen LogP) is 3.54. The van der Waals surface area contributed by atoms with Crippen LogP contribution in [0.25, 0.3) is 0 Å². The van der Waals surface area contributed by atoms with E-state index in [-0.39, 0.29) is 17.7 Å². The van der Waals surface area contributed by atoms with E-state index in [9.17, 15) is 13.6 Å². The second kappa shape index (κ2) is 11.6. The average molecular weight is 474 g/mol. The molecular formula is C25H33F2N5O2. The van der Waals surface area contributed by atoms with Gasteiger partial charge >= 0.3 is 6.61 Å². The zero-order valence-electron chi connectivity index (χ0n) is 19.6. The van der Waals surface area contributed by atoms with E-state index in [1.807, 2.05) is 25.3 Å². The van der Waals surface area contributed by atoms with Gasteiger partial charge in [-0.2, -0.15) is 8.78 Å². The number of amides is 1. The van der Waals surface area contributed by atoms with Gasteiger partial charge in [0.25, 0.3) is 0 Å². The van der Waals surface area contributed by atoms with Crippen LogP contribution in [0, 0.1) is 5.92 Å². The second-order valence-electron chi connectivity index (χ2n) is 9.05. The monoisotopic (exact) mass is 473 g/mol. The fourth-order valence-corrected chi connectivity index (χ4v) is 4.80. The topological polar surface area (TPSA) is 60.9 Å². The minimum absolute atomic E-state index is 0.0702. The van der Waals surface area contributed by atoms with Crippen LogP contribution in [0.2, 0.25) is 0 Å². The lowest BCUT2D eigenvalue weighted by atomic mass is 9.95. The molecule has 1 aromatic carbocycles. The number of likely N-dealkylation sites (tertiary alicyclic amines) is 1. The molecule has 0 aliphatic carbocycles. The summed E-state index contributed by atoms with van der Waals surface area (Å²) in [4.78, 5) is 24.4. The van der Waals surface area contributed by atoms with Gasteiger partial charge in [-0.25, -0.2) is 4.98 Å². The molecule has 2 atom stereocenters. The van der Waals surface area contributed by atoms with Crippen molar-refractivity contribution in [3.8, 4) is 5.75 Å². The molecule has 7 nitrogen and oxygen atoms in total. The van der Waals surface area contributed by atoms with E-state index in [1.165, 1.54) is 18.6 Å². The molecule has 0 radical (unpaired) electrons. The predicted molar refractivity (Wildman–Crippen MR) is 128 cm³/mol. The van der Waals surface area contributed by atoms with Crippen LogP contribution < -0.4 is 15.0 Å². The zero-order chi connectivity index (χ0) is 23.9. The lowest BCUT2D eigenvalue weighted by Crippen LogP contribution is -2.52. The Morgan fingerprint density at radius 3 is 2.56 bits per heavy atom. The number of aromatic nitrogens is 1. The van der Waals surface area contributed by atoms with Crippen molar-refractivity contribution in [2.24, 2.45) is 5.92 Å². The van der Waals surface area contributed by atoms with E-state index in [0.717, 1.165) is 58.1 Å².